The first-order valence-corrected chi connectivity index (χ1v) is 6.10. The Hall–Kier alpha value is -0.220. The Kier molecular flexibility index (Phi) is 9.70. The van der Waals surface area contributed by atoms with Crippen LogP contribution in [0.3, 0.4) is 0 Å². The molecule has 0 atom stereocenters. The van der Waals surface area contributed by atoms with E-state index in [9.17, 15) is 0 Å². The van der Waals surface area contributed by atoms with Crippen molar-refractivity contribution in [1.82, 2.24) is 0 Å². The number of hydrogen-bond donors (Lipinski definition) is 0. The Balaban J connectivity index is 3.50. The molecule has 13 heavy (non-hydrogen) atoms. The summed E-state index contributed by atoms with van der Waals surface area (Å²) in [6, 6.07) is 0. The third-order valence-corrected chi connectivity index (χ3v) is 2.20. The summed E-state index contributed by atoms with van der Waals surface area (Å²) in [6.07, 6.45) is 8.36. The molecule has 0 bridgehead atoms. The van der Waals surface area contributed by atoms with E-state index < -0.39 is 0 Å². The lowest BCUT2D eigenvalue weighted by atomic mass is 10.1. The lowest BCUT2D eigenvalue weighted by Gasteiger charge is -1.98. The molecule has 0 N–H and O–H groups in total. The summed E-state index contributed by atoms with van der Waals surface area (Å²) in [4.78, 5) is 0. The summed E-state index contributed by atoms with van der Waals surface area (Å²) in [6.45, 7) is 4.44. The van der Waals surface area contributed by atoms with Gasteiger partial charge in [0.15, 0.2) is 0 Å². The van der Waals surface area contributed by atoms with E-state index in [2.05, 4.69) is 47.7 Å². The maximum Gasteiger partial charge on any atom is 0.0645 e. The first-order valence-electron chi connectivity index (χ1n) is 4.98. The Labute approximate surface area is 90.9 Å². The van der Waals surface area contributed by atoms with E-state index in [4.69, 9.17) is 0 Å². The highest BCUT2D eigenvalue weighted by Gasteiger charge is 1.88. The molecule has 0 radical (unpaired) electrons. The van der Waals surface area contributed by atoms with Crippen LogP contribution in [-0.4, -0.2) is 5.33 Å². The molecule has 1 heteroatoms. The van der Waals surface area contributed by atoms with Crippen molar-refractivity contribution < 1.29 is 0 Å². The molecule has 0 aromatic carbocycles. The van der Waals surface area contributed by atoms with Crippen LogP contribution >= 0.6 is 15.9 Å². The van der Waals surface area contributed by atoms with Crippen molar-refractivity contribution in [2.75, 3.05) is 5.33 Å². The van der Waals surface area contributed by atoms with E-state index in [1.807, 2.05) is 0 Å². The highest BCUT2D eigenvalue weighted by molar-refractivity contribution is 9.09. The van der Waals surface area contributed by atoms with E-state index in [0.717, 1.165) is 11.8 Å². The van der Waals surface area contributed by atoms with E-state index in [1.54, 1.807) is 0 Å². The van der Waals surface area contributed by atoms with Gasteiger partial charge in [-0.15, -0.1) is 0 Å². The maximum absolute atomic E-state index is 3.27. The van der Waals surface area contributed by atoms with Gasteiger partial charge in [-0.3, -0.25) is 0 Å². The molecule has 0 heterocycles. The molecule has 0 saturated heterocycles. The minimum absolute atomic E-state index is 0.787. The summed E-state index contributed by atoms with van der Waals surface area (Å²) in [5.74, 6) is 6.08. The average molecular weight is 243 g/mol. The van der Waals surface area contributed by atoms with Crippen molar-refractivity contribution in [3.05, 3.63) is 11.6 Å². The molecule has 74 valence electrons. The van der Waals surface area contributed by atoms with Crippen molar-refractivity contribution in [2.45, 2.75) is 46.0 Å². The SMILES string of the molecule is CCCCCC(C)=CCC#CCBr. The van der Waals surface area contributed by atoms with Gasteiger partial charge in [0.1, 0.15) is 0 Å². The van der Waals surface area contributed by atoms with E-state index in [0.29, 0.717) is 0 Å². The molecular weight excluding hydrogens is 224 g/mol. The first kappa shape index (κ1) is 12.8. The smallest absolute Gasteiger partial charge is 0.0645 e. The third-order valence-electron chi connectivity index (χ3n) is 1.92. The van der Waals surface area contributed by atoms with E-state index in [-0.39, 0.29) is 0 Å². The summed E-state index contributed by atoms with van der Waals surface area (Å²) in [7, 11) is 0. The third kappa shape index (κ3) is 9.70. The highest BCUT2D eigenvalue weighted by Crippen LogP contribution is 2.08. The molecule has 0 aromatic heterocycles. The summed E-state index contributed by atoms with van der Waals surface area (Å²) < 4.78 is 0. The fourth-order valence-electron chi connectivity index (χ4n) is 1.10. The average Bonchev–Trinajstić information content (AvgIpc) is 2.13. The fraction of sp³-hybridized carbons (Fsp3) is 0.667. The standard InChI is InChI=1S/C12H19Br/c1-3-4-6-9-12(2)10-7-5-8-11-13/h10H,3-4,6-7,9,11H2,1-2H3. The lowest BCUT2D eigenvalue weighted by molar-refractivity contribution is 0.712. The zero-order valence-electron chi connectivity index (χ0n) is 8.70. The molecule has 0 unspecified atom stereocenters. The van der Waals surface area contributed by atoms with Gasteiger partial charge in [-0.05, 0) is 19.8 Å². The second-order valence-electron chi connectivity index (χ2n) is 3.20. The Morgan fingerprint density at radius 1 is 1.31 bits per heavy atom. The van der Waals surface area contributed by atoms with E-state index in [1.165, 1.54) is 31.3 Å². The van der Waals surface area contributed by atoms with Gasteiger partial charge in [-0.1, -0.05) is 59.2 Å². The topological polar surface area (TPSA) is 0 Å². The van der Waals surface area contributed by atoms with Gasteiger partial charge in [0.2, 0.25) is 0 Å². The molecule has 0 fully saturated rings. The van der Waals surface area contributed by atoms with Crippen LogP contribution in [0.4, 0.5) is 0 Å². The number of halogens is 1. The van der Waals surface area contributed by atoms with Crippen molar-refractivity contribution in [3.63, 3.8) is 0 Å². The van der Waals surface area contributed by atoms with Crippen molar-refractivity contribution in [2.24, 2.45) is 0 Å². The van der Waals surface area contributed by atoms with Gasteiger partial charge in [-0.2, -0.15) is 0 Å². The van der Waals surface area contributed by atoms with Crippen molar-refractivity contribution >= 4 is 15.9 Å². The molecule has 0 amide bonds. The summed E-state index contributed by atoms with van der Waals surface area (Å²) >= 11 is 3.27. The Morgan fingerprint density at radius 2 is 2.08 bits per heavy atom. The largest absolute Gasteiger partial charge is 0.0983 e. The number of allylic oxidation sites excluding steroid dienone is 2. The van der Waals surface area contributed by atoms with Crippen LogP contribution in [0.25, 0.3) is 0 Å². The van der Waals surface area contributed by atoms with Gasteiger partial charge < -0.3 is 0 Å². The quantitative estimate of drug-likeness (QED) is 0.292. The van der Waals surface area contributed by atoms with Crippen LogP contribution < -0.4 is 0 Å². The van der Waals surface area contributed by atoms with Gasteiger partial charge in [-0.25, -0.2) is 0 Å². The Bertz CT molecular complexity index is 193. The van der Waals surface area contributed by atoms with E-state index >= 15 is 0 Å². The molecule has 0 aliphatic heterocycles. The fourth-order valence-corrected chi connectivity index (χ4v) is 1.30. The van der Waals surface area contributed by atoms with Crippen LogP contribution in [0.15, 0.2) is 11.6 Å². The monoisotopic (exact) mass is 242 g/mol. The molecule has 0 saturated carbocycles. The van der Waals surface area contributed by atoms with Crippen LogP contribution in [-0.2, 0) is 0 Å². The first-order chi connectivity index (χ1) is 6.31. The predicted octanol–water partition coefficient (Wildman–Crippen LogP) is 4.30. The minimum Gasteiger partial charge on any atom is -0.0983 e. The minimum atomic E-state index is 0.787. The Morgan fingerprint density at radius 3 is 2.69 bits per heavy atom. The van der Waals surface area contributed by atoms with Crippen LogP contribution in [0.5, 0.6) is 0 Å². The van der Waals surface area contributed by atoms with Crippen molar-refractivity contribution in [1.29, 1.82) is 0 Å². The summed E-state index contributed by atoms with van der Waals surface area (Å²) in [5.41, 5.74) is 1.48. The zero-order chi connectivity index (χ0) is 9.94. The van der Waals surface area contributed by atoms with Crippen LogP contribution in [0.1, 0.15) is 46.0 Å². The van der Waals surface area contributed by atoms with Crippen LogP contribution in [0, 0.1) is 11.8 Å². The number of rotatable bonds is 5. The molecule has 0 aromatic rings. The maximum atomic E-state index is 3.27. The number of unbranched alkanes of at least 4 members (excludes halogenated alkanes) is 2. The zero-order valence-corrected chi connectivity index (χ0v) is 10.3. The van der Waals surface area contributed by atoms with Gasteiger partial charge >= 0.3 is 0 Å². The predicted molar refractivity (Wildman–Crippen MR) is 64.1 cm³/mol. The number of hydrogen-bond acceptors (Lipinski definition) is 0. The van der Waals surface area contributed by atoms with Crippen LogP contribution in [0.2, 0.25) is 0 Å². The molecule has 0 aliphatic rings. The molecule has 0 spiro atoms. The van der Waals surface area contributed by atoms with Gasteiger partial charge in [0.25, 0.3) is 0 Å². The van der Waals surface area contributed by atoms with Gasteiger partial charge in [0.05, 0.1) is 5.33 Å². The number of alkyl halides is 1. The van der Waals surface area contributed by atoms with Crippen molar-refractivity contribution in [3.8, 4) is 11.8 Å². The molecule has 0 rings (SSSR count). The van der Waals surface area contributed by atoms with Gasteiger partial charge in [0, 0.05) is 6.42 Å². The molecule has 0 nitrogen and oxygen atoms in total. The molecular formula is C12H19Br. The summed E-state index contributed by atoms with van der Waals surface area (Å²) in [5, 5.41) is 0.787. The second kappa shape index (κ2) is 9.86. The molecule has 0 aliphatic carbocycles. The second-order valence-corrected chi connectivity index (χ2v) is 3.76. The lowest BCUT2D eigenvalue weighted by Crippen LogP contribution is -1.78. The highest BCUT2D eigenvalue weighted by atomic mass is 79.9. The normalized spacial score (nSPS) is 10.8.